The van der Waals surface area contributed by atoms with Gasteiger partial charge in [-0.15, -0.1) is 0 Å². The van der Waals surface area contributed by atoms with Gasteiger partial charge >= 0.3 is 6.03 Å². The molecule has 1 aromatic rings. The van der Waals surface area contributed by atoms with Crippen molar-refractivity contribution in [3.8, 4) is 0 Å². The molecular weight excluding hydrogens is 313 g/mol. The van der Waals surface area contributed by atoms with Crippen LogP contribution in [0.4, 0.5) is 10.5 Å². The van der Waals surface area contributed by atoms with Gasteiger partial charge in [-0.1, -0.05) is 23.2 Å². The lowest BCUT2D eigenvalue weighted by Crippen LogP contribution is -2.53. The van der Waals surface area contributed by atoms with Gasteiger partial charge in [-0.3, -0.25) is 0 Å². The van der Waals surface area contributed by atoms with E-state index in [-0.39, 0.29) is 11.6 Å². The first-order valence-corrected chi connectivity index (χ1v) is 7.54. The molecule has 1 aliphatic heterocycles. The average molecular weight is 332 g/mol. The lowest BCUT2D eigenvalue weighted by atomic mass is 9.99. The summed E-state index contributed by atoms with van der Waals surface area (Å²) in [4.78, 5) is 11.9. The molecule has 7 heteroatoms. The van der Waals surface area contributed by atoms with E-state index in [9.17, 15) is 4.79 Å². The topological polar surface area (TPSA) is 62.4 Å². The largest absolute Gasteiger partial charge is 0.383 e. The summed E-state index contributed by atoms with van der Waals surface area (Å²) in [5.41, 5.74) is 0.422. The summed E-state index contributed by atoms with van der Waals surface area (Å²) in [6, 6.07) is 4.68. The van der Waals surface area contributed by atoms with E-state index in [1.807, 2.05) is 0 Å². The van der Waals surface area contributed by atoms with Gasteiger partial charge in [0, 0.05) is 19.3 Å². The Morgan fingerprint density at radius 1 is 1.43 bits per heavy atom. The van der Waals surface area contributed by atoms with Crippen LogP contribution >= 0.6 is 23.2 Å². The van der Waals surface area contributed by atoms with Gasteiger partial charge in [0.25, 0.3) is 0 Å². The van der Waals surface area contributed by atoms with Crippen molar-refractivity contribution in [2.45, 2.75) is 18.4 Å². The third-order valence-corrected chi connectivity index (χ3v) is 4.26. The Morgan fingerprint density at radius 2 is 2.24 bits per heavy atom. The average Bonchev–Trinajstić information content (AvgIpc) is 2.90. The predicted octanol–water partition coefficient (Wildman–Crippen LogP) is 2.88. The second-order valence-corrected chi connectivity index (χ2v) is 5.99. The van der Waals surface area contributed by atoms with Gasteiger partial charge in [0.15, 0.2) is 0 Å². The van der Waals surface area contributed by atoms with E-state index in [2.05, 4.69) is 16.0 Å². The van der Waals surface area contributed by atoms with Crippen molar-refractivity contribution in [2.24, 2.45) is 0 Å². The number of amides is 2. The number of nitrogens with one attached hydrogen (secondary N) is 3. The monoisotopic (exact) mass is 331 g/mol. The Kier molecular flexibility index (Phi) is 5.70. The molecule has 1 fully saturated rings. The Morgan fingerprint density at radius 3 is 2.86 bits per heavy atom. The molecule has 0 bridgehead atoms. The van der Waals surface area contributed by atoms with E-state index < -0.39 is 0 Å². The maximum absolute atomic E-state index is 11.9. The maximum atomic E-state index is 11.9. The molecule has 5 nitrogen and oxygen atoms in total. The number of benzene rings is 1. The van der Waals surface area contributed by atoms with E-state index in [1.54, 1.807) is 25.3 Å². The molecule has 0 radical (unpaired) electrons. The molecule has 0 aliphatic carbocycles. The van der Waals surface area contributed by atoms with Gasteiger partial charge in [0.05, 0.1) is 22.2 Å². The van der Waals surface area contributed by atoms with E-state index in [0.29, 0.717) is 28.9 Å². The highest BCUT2D eigenvalue weighted by Crippen LogP contribution is 2.25. The second-order valence-electron chi connectivity index (χ2n) is 5.18. The predicted molar refractivity (Wildman–Crippen MR) is 85.3 cm³/mol. The Labute approximate surface area is 134 Å². The van der Waals surface area contributed by atoms with E-state index in [4.69, 9.17) is 27.9 Å². The lowest BCUT2D eigenvalue weighted by molar-refractivity contribution is 0.120. The van der Waals surface area contributed by atoms with Crippen molar-refractivity contribution < 1.29 is 9.53 Å². The normalized spacial score (nSPS) is 21.3. The van der Waals surface area contributed by atoms with Crippen molar-refractivity contribution in [1.82, 2.24) is 10.6 Å². The molecule has 1 aromatic carbocycles. The van der Waals surface area contributed by atoms with Gasteiger partial charge in [-0.25, -0.2) is 4.79 Å². The summed E-state index contributed by atoms with van der Waals surface area (Å²) < 4.78 is 5.24. The highest BCUT2D eigenvalue weighted by atomic mass is 35.5. The molecule has 3 N–H and O–H groups in total. The van der Waals surface area contributed by atoms with Crippen molar-refractivity contribution in [3.63, 3.8) is 0 Å². The van der Waals surface area contributed by atoms with Crippen molar-refractivity contribution in [1.29, 1.82) is 0 Å². The van der Waals surface area contributed by atoms with Gasteiger partial charge < -0.3 is 20.7 Å². The molecule has 1 atom stereocenters. The Hall–Kier alpha value is -1.01. The van der Waals surface area contributed by atoms with Crippen LogP contribution in [-0.2, 0) is 4.74 Å². The highest BCUT2D eigenvalue weighted by Gasteiger charge is 2.33. The molecule has 116 valence electrons. The fourth-order valence-corrected chi connectivity index (χ4v) is 2.77. The first kappa shape index (κ1) is 16.4. The first-order chi connectivity index (χ1) is 10.0. The molecule has 2 amide bonds. The van der Waals surface area contributed by atoms with Crippen LogP contribution in [0.15, 0.2) is 18.2 Å². The molecule has 2 rings (SSSR count). The Balaban J connectivity index is 1.87. The van der Waals surface area contributed by atoms with Crippen LogP contribution in [0.3, 0.4) is 0 Å². The standard InChI is InChI=1S/C14H19Cl2N3O2/c1-21-9-14(5-2-6-18-14)8-17-13(20)19-10-3-4-11(15)12(16)7-10/h3-4,7,18H,2,5-6,8-9H2,1H3,(H2,17,19,20). The quantitative estimate of drug-likeness (QED) is 0.777. The fourth-order valence-electron chi connectivity index (χ4n) is 2.47. The number of hydrogen-bond acceptors (Lipinski definition) is 3. The minimum Gasteiger partial charge on any atom is -0.383 e. The molecule has 1 heterocycles. The number of halogens is 2. The zero-order valence-corrected chi connectivity index (χ0v) is 13.4. The second kappa shape index (κ2) is 7.31. The summed E-state index contributed by atoms with van der Waals surface area (Å²) in [5.74, 6) is 0. The molecule has 0 aromatic heterocycles. The van der Waals surface area contributed by atoms with Crippen molar-refractivity contribution in [2.75, 3.05) is 32.1 Å². The number of urea groups is 1. The van der Waals surface area contributed by atoms with Gasteiger partial charge in [0.1, 0.15) is 0 Å². The minimum atomic E-state index is -0.280. The van der Waals surface area contributed by atoms with Gasteiger partial charge in [-0.2, -0.15) is 0 Å². The van der Waals surface area contributed by atoms with Crippen molar-refractivity contribution >= 4 is 34.9 Å². The minimum absolute atomic E-state index is 0.177. The van der Waals surface area contributed by atoms with Crippen LogP contribution in [0.5, 0.6) is 0 Å². The van der Waals surface area contributed by atoms with Crippen LogP contribution in [-0.4, -0.2) is 38.4 Å². The molecule has 0 saturated carbocycles. The van der Waals surface area contributed by atoms with E-state index in [1.165, 1.54) is 0 Å². The smallest absolute Gasteiger partial charge is 0.319 e. The molecule has 1 saturated heterocycles. The van der Waals surface area contributed by atoms with E-state index in [0.717, 1.165) is 19.4 Å². The molecule has 0 spiro atoms. The third kappa shape index (κ3) is 4.48. The molecule has 1 aliphatic rings. The number of carbonyl (C=O) groups is 1. The molecule has 1 unspecified atom stereocenters. The lowest BCUT2D eigenvalue weighted by Gasteiger charge is -2.28. The number of anilines is 1. The summed E-state index contributed by atoms with van der Waals surface area (Å²) in [6.45, 7) is 2.02. The number of ether oxygens (including phenoxy) is 1. The summed E-state index contributed by atoms with van der Waals surface area (Å²) in [6.07, 6.45) is 2.06. The summed E-state index contributed by atoms with van der Waals surface area (Å²) in [5, 5.41) is 9.86. The number of hydrogen-bond donors (Lipinski definition) is 3. The van der Waals surface area contributed by atoms with Crippen LogP contribution in [0, 0.1) is 0 Å². The van der Waals surface area contributed by atoms with Gasteiger partial charge in [0.2, 0.25) is 0 Å². The van der Waals surface area contributed by atoms with Crippen molar-refractivity contribution in [3.05, 3.63) is 28.2 Å². The molecular formula is C14H19Cl2N3O2. The SMILES string of the molecule is COCC1(CNC(=O)Nc2ccc(Cl)c(Cl)c2)CCCN1. The zero-order valence-electron chi connectivity index (χ0n) is 11.8. The summed E-state index contributed by atoms with van der Waals surface area (Å²) >= 11 is 11.7. The third-order valence-electron chi connectivity index (χ3n) is 3.52. The Bertz CT molecular complexity index is 505. The summed E-state index contributed by atoms with van der Waals surface area (Å²) in [7, 11) is 1.66. The number of carbonyl (C=O) groups excluding carboxylic acids is 1. The zero-order chi connectivity index (χ0) is 15.3. The van der Waals surface area contributed by atoms with Crippen LogP contribution in [0.25, 0.3) is 0 Å². The van der Waals surface area contributed by atoms with Crippen LogP contribution in [0.2, 0.25) is 10.0 Å². The number of rotatable bonds is 5. The maximum Gasteiger partial charge on any atom is 0.319 e. The van der Waals surface area contributed by atoms with E-state index >= 15 is 0 Å². The first-order valence-electron chi connectivity index (χ1n) is 6.78. The fraction of sp³-hybridized carbons (Fsp3) is 0.500. The van der Waals surface area contributed by atoms with Crippen LogP contribution < -0.4 is 16.0 Å². The highest BCUT2D eigenvalue weighted by molar-refractivity contribution is 6.42. The van der Waals surface area contributed by atoms with Crippen LogP contribution in [0.1, 0.15) is 12.8 Å². The number of methoxy groups -OCH3 is 1. The molecule has 21 heavy (non-hydrogen) atoms. The van der Waals surface area contributed by atoms with Gasteiger partial charge in [-0.05, 0) is 37.6 Å².